The first-order chi connectivity index (χ1) is 14.5. The SMILES string of the molecule is O=C(O)C(=O)O.OCCNCCSc1nnc(-c2ccco2)n1Cc1ccccc1. The molecule has 0 atom stereocenters. The first-order valence-electron chi connectivity index (χ1n) is 8.94. The van der Waals surface area contributed by atoms with Gasteiger partial charge in [0.1, 0.15) is 0 Å². The highest BCUT2D eigenvalue weighted by Gasteiger charge is 2.16. The summed E-state index contributed by atoms with van der Waals surface area (Å²) in [6, 6.07) is 14.0. The number of hydrogen-bond acceptors (Lipinski definition) is 8. The fourth-order valence-electron chi connectivity index (χ4n) is 2.31. The Hall–Kier alpha value is -3.15. The molecule has 0 fully saturated rings. The highest BCUT2D eigenvalue weighted by atomic mass is 32.2. The second-order valence-electron chi connectivity index (χ2n) is 5.79. The third-order valence-electron chi connectivity index (χ3n) is 3.62. The van der Waals surface area contributed by atoms with E-state index in [2.05, 4.69) is 32.2 Å². The molecular weight excluding hydrogens is 412 g/mol. The number of hydrogen-bond donors (Lipinski definition) is 4. The lowest BCUT2D eigenvalue weighted by Gasteiger charge is -2.09. The predicted octanol–water partition coefficient (Wildman–Crippen LogP) is 1.42. The zero-order valence-electron chi connectivity index (χ0n) is 16.0. The molecule has 2 heterocycles. The van der Waals surface area contributed by atoms with Gasteiger partial charge in [0.15, 0.2) is 10.9 Å². The number of nitrogens with zero attached hydrogens (tertiary/aromatic N) is 3. The molecule has 0 saturated heterocycles. The van der Waals surface area contributed by atoms with Gasteiger partial charge >= 0.3 is 11.9 Å². The van der Waals surface area contributed by atoms with E-state index in [0.29, 0.717) is 18.8 Å². The maximum Gasteiger partial charge on any atom is 0.414 e. The van der Waals surface area contributed by atoms with Crippen LogP contribution in [0.5, 0.6) is 0 Å². The van der Waals surface area contributed by atoms with Crippen molar-refractivity contribution < 1.29 is 29.3 Å². The van der Waals surface area contributed by atoms with Gasteiger partial charge in [-0.3, -0.25) is 4.57 Å². The summed E-state index contributed by atoms with van der Waals surface area (Å²) >= 11 is 1.64. The van der Waals surface area contributed by atoms with Crippen molar-refractivity contribution in [2.45, 2.75) is 11.7 Å². The van der Waals surface area contributed by atoms with Gasteiger partial charge in [-0.2, -0.15) is 0 Å². The number of carboxylic acid groups (broad SMARTS) is 2. The largest absolute Gasteiger partial charge is 0.473 e. The zero-order chi connectivity index (χ0) is 21.8. The standard InChI is InChI=1S/C17H20N4O2S.C2H2O4/c22-10-8-18-9-12-24-17-20-19-16(15-7-4-11-23-15)21(17)13-14-5-2-1-3-6-14;3-1(4)2(5)6/h1-7,11,18,22H,8-10,12-13H2;(H,3,4)(H,5,6). The van der Waals surface area contributed by atoms with E-state index in [1.165, 1.54) is 5.56 Å². The van der Waals surface area contributed by atoms with Crippen LogP contribution in [-0.4, -0.2) is 67.5 Å². The Balaban J connectivity index is 0.000000469. The molecule has 0 spiro atoms. The van der Waals surface area contributed by atoms with Crippen LogP contribution in [-0.2, 0) is 16.1 Å². The van der Waals surface area contributed by atoms with Gasteiger partial charge in [0.2, 0.25) is 5.82 Å². The quantitative estimate of drug-likeness (QED) is 0.221. The molecule has 1 aromatic carbocycles. The Morgan fingerprint density at radius 2 is 1.77 bits per heavy atom. The molecule has 160 valence electrons. The molecule has 30 heavy (non-hydrogen) atoms. The highest BCUT2D eigenvalue weighted by Crippen LogP contribution is 2.25. The maximum atomic E-state index is 9.10. The van der Waals surface area contributed by atoms with E-state index in [4.69, 9.17) is 29.3 Å². The number of aliphatic hydroxyl groups excluding tert-OH is 1. The van der Waals surface area contributed by atoms with E-state index >= 15 is 0 Å². The lowest BCUT2D eigenvalue weighted by atomic mass is 10.2. The summed E-state index contributed by atoms with van der Waals surface area (Å²) in [5.41, 5.74) is 1.19. The number of carboxylic acids is 2. The van der Waals surface area contributed by atoms with Crippen molar-refractivity contribution >= 4 is 23.7 Å². The van der Waals surface area contributed by atoms with Gasteiger partial charge in [-0.15, -0.1) is 10.2 Å². The Morgan fingerprint density at radius 3 is 2.37 bits per heavy atom. The van der Waals surface area contributed by atoms with Gasteiger partial charge < -0.3 is 25.1 Å². The number of aromatic nitrogens is 3. The average molecular weight is 434 g/mol. The van der Waals surface area contributed by atoms with E-state index in [1.54, 1.807) is 18.0 Å². The van der Waals surface area contributed by atoms with Gasteiger partial charge in [-0.1, -0.05) is 42.1 Å². The Labute approximate surface area is 176 Å². The van der Waals surface area contributed by atoms with Crippen LogP contribution in [0, 0.1) is 0 Å². The molecule has 0 radical (unpaired) electrons. The van der Waals surface area contributed by atoms with Crippen molar-refractivity contribution in [1.29, 1.82) is 0 Å². The number of aliphatic hydroxyl groups is 1. The first kappa shape index (κ1) is 23.1. The molecule has 0 unspecified atom stereocenters. The van der Waals surface area contributed by atoms with Crippen molar-refractivity contribution in [1.82, 2.24) is 20.1 Å². The fourth-order valence-corrected chi connectivity index (χ4v) is 3.15. The molecule has 0 aliphatic heterocycles. The van der Waals surface area contributed by atoms with Crippen LogP contribution < -0.4 is 5.32 Å². The lowest BCUT2D eigenvalue weighted by Crippen LogP contribution is -2.21. The van der Waals surface area contributed by atoms with Crippen molar-refractivity contribution in [3.8, 4) is 11.6 Å². The molecular formula is C19H22N4O6S. The van der Waals surface area contributed by atoms with Crippen molar-refractivity contribution in [2.24, 2.45) is 0 Å². The van der Waals surface area contributed by atoms with Crippen molar-refractivity contribution in [2.75, 3.05) is 25.4 Å². The van der Waals surface area contributed by atoms with E-state index in [1.807, 2.05) is 30.3 Å². The molecule has 0 saturated carbocycles. The van der Waals surface area contributed by atoms with E-state index in [0.717, 1.165) is 23.3 Å². The molecule has 0 aliphatic rings. The van der Waals surface area contributed by atoms with Crippen LogP contribution in [0.15, 0.2) is 58.3 Å². The van der Waals surface area contributed by atoms with Gasteiger partial charge in [0.25, 0.3) is 0 Å². The topological polar surface area (TPSA) is 151 Å². The summed E-state index contributed by atoms with van der Waals surface area (Å²) in [4.78, 5) is 18.2. The summed E-state index contributed by atoms with van der Waals surface area (Å²) < 4.78 is 7.57. The number of rotatable bonds is 9. The normalized spacial score (nSPS) is 10.3. The minimum atomic E-state index is -1.82. The maximum absolute atomic E-state index is 9.10. The summed E-state index contributed by atoms with van der Waals surface area (Å²) in [7, 11) is 0. The molecule has 0 bridgehead atoms. The van der Waals surface area contributed by atoms with Crippen LogP contribution in [0.25, 0.3) is 11.6 Å². The second kappa shape index (κ2) is 12.4. The number of benzene rings is 1. The van der Waals surface area contributed by atoms with Crippen molar-refractivity contribution in [3.63, 3.8) is 0 Å². The monoisotopic (exact) mass is 434 g/mol. The van der Waals surface area contributed by atoms with Crippen molar-refractivity contribution in [3.05, 3.63) is 54.3 Å². The Kier molecular flexibility index (Phi) is 9.58. The summed E-state index contributed by atoms with van der Waals surface area (Å²) in [5.74, 6) is -1.35. The summed E-state index contributed by atoms with van der Waals surface area (Å²) in [6.45, 7) is 2.25. The first-order valence-corrected chi connectivity index (χ1v) is 9.93. The van der Waals surface area contributed by atoms with Crippen LogP contribution in [0.1, 0.15) is 5.56 Å². The summed E-state index contributed by atoms with van der Waals surface area (Å²) in [6.07, 6.45) is 1.64. The Bertz CT molecular complexity index is 903. The van der Waals surface area contributed by atoms with E-state index < -0.39 is 11.9 Å². The smallest absolute Gasteiger partial charge is 0.414 e. The molecule has 3 rings (SSSR count). The minimum Gasteiger partial charge on any atom is -0.473 e. The number of carbonyl (C=O) groups is 2. The number of thioether (sulfide) groups is 1. The summed E-state index contributed by atoms with van der Waals surface area (Å²) in [5, 5.41) is 36.2. The molecule has 3 aromatic rings. The van der Waals surface area contributed by atoms with Gasteiger partial charge in [0.05, 0.1) is 19.4 Å². The minimum absolute atomic E-state index is 0.150. The van der Waals surface area contributed by atoms with Crippen LogP contribution in [0.2, 0.25) is 0 Å². The van der Waals surface area contributed by atoms with Gasteiger partial charge in [0, 0.05) is 18.8 Å². The van der Waals surface area contributed by atoms with Crippen LogP contribution in [0.4, 0.5) is 0 Å². The van der Waals surface area contributed by atoms with Crippen LogP contribution >= 0.6 is 11.8 Å². The molecule has 10 nitrogen and oxygen atoms in total. The van der Waals surface area contributed by atoms with E-state index in [-0.39, 0.29) is 6.61 Å². The second-order valence-corrected chi connectivity index (χ2v) is 6.85. The third-order valence-corrected chi connectivity index (χ3v) is 4.59. The number of furan rings is 1. The lowest BCUT2D eigenvalue weighted by molar-refractivity contribution is -0.159. The Morgan fingerprint density at radius 1 is 1.03 bits per heavy atom. The van der Waals surface area contributed by atoms with E-state index in [9.17, 15) is 0 Å². The van der Waals surface area contributed by atoms with Gasteiger partial charge in [-0.25, -0.2) is 9.59 Å². The molecule has 4 N–H and O–H groups in total. The predicted molar refractivity (Wildman–Crippen MR) is 109 cm³/mol. The third kappa shape index (κ3) is 7.35. The fraction of sp³-hybridized carbons (Fsp3) is 0.263. The number of aliphatic carboxylic acids is 2. The highest BCUT2D eigenvalue weighted by molar-refractivity contribution is 7.99. The molecule has 2 aromatic heterocycles. The zero-order valence-corrected chi connectivity index (χ0v) is 16.8. The average Bonchev–Trinajstić information content (AvgIpc) is 3.39. The molecule has 0 amide bonds. The van der Waals surface area contributed by atoms with Crippen LogP contribution in [0.3, 0.4) is 0 Å². The molecule has 0 aliphatic carbocycles. The molecule has 11 heteroatoms. The number of nitrogens with one attached hydrogen (secondary N) is 1. The van der Waals surface area contributed by atoms with Gasteiger partial charge in [-0.05, 0) is 17.7 Å².